The molecular weight excluding hydrogens is 358 g/mol. The number of para-hydroxylation sites is 2. The number of rotatable bonds is 5. The van der Waals surface area contributed by atoms with Crippen LogP contribution in [0.25, 0.3) is 0 Å². The number of anilines is 1. The van der Waals surface area contributed by atoms with Crippen molar-refractivity contribution in [3.8, 4) is 5.75 Å². The molecule has 3 rings (SSSR count). The second-order valence-electron chi connectivity index (χ2n) is 6.90. The maximum atomic E-state index is 5.68. The van der Waals surface area contributed by atoms with E-state index >= 15 is 0 Å². The molecule has 2 heterocycles. The Balaban J connectivity index is 1.55. The van der Waals surface area contributed by atoms with Gasteiger partial charge in [0.1, 0.15) is 5.75 Å². The standard InChI is InChI=1S/C20H29N5OS/c1-5-26-19-9-7-6-8-18(19)21-20(27)25-12-10-24(11-13-25)14-17-15(2)22-23(4)16(17)3/h6-9H,5,10-14H2,1-4H3,(H,21,27). The summed E-state index contributed by atoms with van der Waals surface area (Å²) in [4.78, 5) is 4.71. The molecule has 1 fully saturated rings. The molecule has 0 spiro atoms. The summed E-state index contributed by atoms with van der Waals surface area (Å²) in [5.41, 5.74) is 4.65. The van der Waals surface area contributed by atoms with Crippen LogP contribution in [0.1, 0.15) is 23.9 Å². The fourth-order valence-electron chi connectivity index (χ4n) is 3.42. The van der Waals surface area contributed by atoms with Gasteiger partial charge in [0.05, 0.1) is 18.0 Å². The van der Waals surface area contributed by atoms with E-state index in [1.807, 2.05) is 42.9 Å². The molecule has 0 amide bonds. The summed E-state index contributed by atoms with van der Waals surface area (Å²) in [6.07, 6.45) is 0. The first-order valence-electron chi connectivity index (χ1n) is 9.48. The minimum Gasteiger partial charge on any atom is -0.492 e. The van der Waals surface area contributed by atoms with Crippen LogP contribution >= 0.6 is 12.2 Å². The van der Waals surface area contributed by atoms with Crippen molar-refractivity contribution < 1.29 is 4.74 Å². The van der Waals surface area contributed by atoms with E-state index in [0.717, 1.165) is 55.0 Å². The minimum absolute atomic E-state index is 0.636. The van der Waals surface area contributed by atoms with Crippen molar-refractivity contribution >= 4 is 23.0 Å². The smallest absolute Gasteiger partial charge is 0.173 e. The van der Waals surface area contributed by atoms with Crippen molar-refractivity contribution in [1.29, 1.82) is 0 Å². The Morgan fingerprint density at radius 2 is 1.89 bits per heavy atom. The van der Waals surface area contributed by atoms with Crippen LogP contribution in [-0.2, 0) is 13.6 Å². The first kappa shape index (κ1) is 19.6. The molecule has 0 unspecified atom stereocenters. The largest absolute Gasteiger partial charge is 0.492 e. The van der Waals surface area contributed by atoms with E-state index in [1.54, 1.807) is 0 Å². The zero-order valence-electron chi connectivity index (χ0n) is 16.7. The van der Waals surface area contributed by atoms with Gasteiger partial charge in [-0.1, -0.05) is 12.1 Å². The van der Waals surface area contributed by atoms with Crippen LogP contribution in [0.15, 0.2) is 24.3 Å². The van der Waals surface area contributed by atoms with Crippen molar-refractivity contribution in [2.45, 2.75) is 27.3 Å². The molecule has 1 N–H and O–H groups in total. The topological polar surface area (TPSA) is 45.6 Å². The van der Waals surface area contributed by atoms with Gasteiger partial charge < -0.3 is 15.0 Å². The third kappa shape index (κ3) is 4.59. The lowest BCUT2D eigenvalue weighted by Crippen LogP contribution is -2.49. The number of ether oxygens (including phenoxy) is 1. The molecule has 27 heavy (non-hydrogen) atoms. The molecule has 2 aromatic rings. The van der Waals surface area contributed by atoms with Gasteiger partial charge >= 0.3 is 0 Å². The summed E-state index contributed by atoms with van der Waals surface area (Å²) in [5.74, 6) is 0.837. The Morgan fingerprint density at radius 1 is 1.19 bits per heavy atom. The summed E-state index contributed by atoms with van der Waals surface area (Å²) in [5, 5.41) is 8.64. The molecule has 1 aliphatic rings. The summed E-state index contributed by atoms with van der Waals surface area (Å²) < 4.78 is 7.64. The zero-order valence-corrected chi connectivity index (χ0v) is 17.5. The van der Waals surface area contributed by atoms with E-state index < -0.39 is 0 Å². The number of aromatic nitrogens is 2. The monoisotopic (exact) mass is 387 g/mol. The van der Waals surface area contributed by atoms with Crippen molar-refractivity contribution in [1.82, 2.24) is 19.6 Å². The predicted octanol–water partition coefficient (Wildman–Crippen LogP) is 2.95. The number of hydrogen-bond donors (Lipinski definition) is 1. The van der Waals surface area contributed by atoms with E-state index in [2.05, 4.69) is 34.1 Å². The molecule has 0 saturated carbocycles. The number of nitrogens with zero attached hydrogens (tertiary/aromatic N) is 4. The lowest BCUT2D eigenvalue weighted by Gasteiger charge is -2.36. The fraction of sp³-hybridized carbons (Fsp3) is 0.500. The van der Waals surface area contributed by atoms with Crippen molar-refractivity contribution in [2.75, 3.05) is 38.1 Å². The second kappa shape index (κ2) is 8.71. The van der Waals surface area contributed by atoms with E-state index in [1.165, 1.54) is 11.3 Å². The highest BCUT2D eigenvalue weighted by atomic mass is 32.1. The third-order valence-corrected chi connectivity index (χ3v) is 5.49. The van der Waals surface area contributed by atoms with Gasteiger partial charge in [-0.25, -0.2) is 0 Å². The first-order chi connectivity index (χ1) is 13.0. The number of thiocarbonyl (C=S) groups is 1. The van der Waals surface area contributed by atoms with Gasteiger partial charge in [-0.15, -0.1) is 0 Å². The highest BCUT2D eigenvalue weighted by Crippen LogP contribution is 2.24. The molecule has 0 bridgehead atoms. The summed E-state index contributed by atoms with van der Waals surface area (Å²) in [7, 11) is 2.01. The van der Waals surface area contributed by atoms with Gasteiger partial charge in [0.2, 0.25) is 0 Å². The highest BCUT2D eigenvalue weighted by Gasteiger charge is 2.21. The van der Waals surface area contributed by atoms with Crippen molar-refractivity contribution in [3.63, 3.8) is 0 Å². The maximum absolute atomic E-state index is 5.68. The van der Waals surface area contributed by atoms with Gasteiger partial charge in [0, 0.05) is 51.0 Å². The van der Waals surface area contributed by atoms with Crippen LogP contribution in [-0.4, -0.2) is 57.5 Å². The molecule has 0 radical (unpaired) electrons. The lowest BCUT2D eigenvalue weighted by molar-refractivity contribution is 0.176. The Morgan fingerprint density at radius 3 is 2.52 bits per heavy atom. The maximum Gasteiger partial charge on any atom is 0.173 e. The first-order valence-corrected chi connectivity index (χ1v) is 9.89. The normalized spacial score (nSPS) is 15.0. The van der Waals surface area contributed by atoms with E-state index in [9.17, 15) is 0 Å². The Kier molecular flexibility index (Phi) is 6.34. The Hall–Kier alpha value is -2.12. The average Bonchev–Trinajstić information content (AvgIpc) is 2.90. The van der Waals surface area contributed by atoms with E-state index in [0.29, 0.717) is 6.61 Å². The quantitative estimate of drug-likeness (QED) is 0.796. The number of nitrogens with one attached hydrogen (secondary N) is 1. The predicted molar refractivity (Wildman–Crippen MR) is 113 cm³/mol. The average molecular weight is 388 g/mol. The minimum atomic E-state index is 0.636. The molecule has 7 heteroatoms. The molecule has 1 saturated heterocycles. The number of benzene rings is 1. The van der Waals surface area contributed by atoms with Gasteiger partial charge in [-0.05, 0) is 45.1 Å². The van der Waals surface area contributed by atoms with Gasteiger partial charge in [0.25, 0.3) is 0 Å². The third-order valence-electron chi connectivity index (χ3n) is 5.13. The summed E-state index contributed by atoms with van der Waals surface area (Å²) in [6.45, 7) is 11.6. The summed E-state index contributed by atoms with van der Waals surface area (Å²) in [6, 6.07) is 7.93. The molecular formula is C20H29N5OS. The molecule has 1 aromatic carbocycles. The SMILES string of the molecule is CCOc1ccccc1NC(=S)N1CCN(Cc2c(C)nn(C)c2C)CC1. The van der Waals surface area contributed by atoms with Gasteiger partial charge in [0.15, 0.2) is 5.11 Å². The van der Waals surface area contributed by atoms with Crippen molar-refractivity contribution in [3.05, 3.63) is 41.2 Å². The van der Waals surface area contributed by atoms with Gasteiger partial charge in [-0.2, -0.15) is 5.10 Å². The van der Waals surface area contributed by atoms with Crippen LogP contribution in [0.3, 0.4) is 0 Å². The molecule has 0 atom stereocenters. The zero-order chi connectivity index (χ0) is 19.4. The number of hydrogen-bond acceptors (Lipinski definition) is 4. The van der Waals surface area contributed by atoms with Crippen LogP contribution in [0.5, 0.6) is 5.75 Å². The molecule has 146 valence electrons. The fourth-order valence-corrected chi connectivity index (χ4v) is 3.72. The van der Waals surface area contributed by atoms with Crippen LogP contribution in [0.4, 0.5) is 5.69 Å². The Labute approximate surface area is 167 Å². The van der Waals surface area contributed by atoms with Crippen LogP contribution < -0.4 is 10.1 Å². The van der Waals surface area contributed by atoms with Crippen molar-refractivity contribution in [2.24, 2.45) is 7.05 Å². The van der Waals surface area contributed by atoms with E-state index in [4.69, 9.17) is 17.0 Å². The molecule has 1 aromatic heterocycles. The molecule has 1 aliphatic heterocycles. The summed E-state index contributed by atoms with van der Waals surface area (Å²) >= 11 is 5.64. The Bertz CT molecular complexity index is 796. The number of piperazine rings is 1. The van der Waals surface area contributed by atoms with Crippen LogP contribution in [0.2, 0.25) is 0 Å². The number of aryl methyl sites for hydroxylation is 2. The molecule has 6 nitrogen and oxygen atoms in total. The van der Waals surface area contributed by atoms with Crippen LogP contribution in [0, 0.1) is 13.8 Å². The van der Waals surface area contributed by atoms with E-state index in [-0.39, 0.29) is 0 Å². The molecule has 0 aliphatic carbocycles. The highest BCUT2D eigenvalue weighted by molar-refractivity contribution is 7.80. The lowest BCUT2D eigenvalue weighted by atomic mass is 10.1. The second-order valence-corrected chi connectivity index (χ2v) is 7.28. The van der Waals surface area contributed by atoms with Gasteiger partial charge in [-0.3, -0.25) is 9.58 Å².